The third kappa shape index (κ3) is 1.46. The molecule has 0 saturated heterocycles. The van der Waals surface area contributed by atoms with Gasteiger partial charge in [0.1, 0.15) is 6.54 Å². The number of carbonyl (C=O) groups is 3. The van der Waals surface area contributed by atoms with Crippen LogP contribution < -0.4 is 4.90 Å². The van der Waals surface area contributed by atoms with Crippen molar-refractivity contribution in [3.05, 3.63) is 29.3 Å². The SMILES string of the molecule is Cc1ccc2c(c1)C(=O)C(=O)N2CC(=O)O. The number of fused-ring (bicyclic) bond motifs is 1. The van der Waals surface area contributed by atoms with Crippen molar-refractivity contribution in [1.29, 1.82) is 0 Å². The van der Waals surface area contributed by atoms with Crippen molar-refractivity contribution >= 4 is 23.3 Å². The highest BCUT2D eigenvalue weighted by Gasteiger charge is 2.36. The van der Waals surface area contributed by atoms with Crippen molar-refractivity contribution in [2.45, 2.75) is 6.92 Å². The second-order valence-electron chi connectivity index (χ2n) is 3.63. The molecular weight excluding hydrogens is 210 g/mol. The maximum absolute atomic E-state index is 11.6. The molecule has 0 spiro atoms. The Morgan fingerprint density at radius 1 is 1.38 bits per heavy atom. The van der Waals surface area contributed by atoms with Crippen molar-refractivity contribution in [3.63, 3.8) is 0 Å². The Morgan fingerprint density at radius 3 is 2.69 bits per heavy atom. The number of Topliss-reactive ketones (excluding diaryl/α,β-unsaturated/α-hetero) is 1. The molecule has 0 bridgehead atoms. The Morgan fingerprint density at radius 2 is 2.06 bits per heavy atom. The van der Waals surface area contributed by atoms with Crippen LogP contribution in [0, 0.1) is 6.92 Å². The molecule has 1 heterocycles. The molecule has 5 nitrogen and oxygen atoms in total. The topological polar surface area (TPSA) is 74.7 Å². The minimum atomic E-state index is -1.14. The summed E-state index contributed by atoms with van der Waals surface area (Å²) in [6.07, 6.45) is 0. The Labute approximate surface area is 91.3 Å². The van der Waals surface area contributed by atoms with E-state index in [0.29, 0.717) is 5.69 Å². The van der Waals surface area contributed by atoms with E-state index < -0.39 is 24.2 Å². The van der Waals surface area contributed by atoms with Crippen LogP contribution >= 0.6 is 0 Å². The van der Waals surface area contributed by atoms with Crippen molar-refractivity contribution in [1.82, 2.24) is 0 Å². The lowest BCUT2D eigenvalue weighted by atomic mass is 10.1. The van der Waals surface area contributed by atoms with Crippen LogP contribution in [0.2, 0.25) is 0 Å². The fourth-order valence-corrected chi connectivity index (χ4v) is 1.71. The number of benzene rings is 1. The van der Waals surface area contributed by atoms with Gasteiger partial charge < -0.3 is 5.11 Å². The van der Waals surface area contributed by atoms with E-state index in [1.807, 2.05) is 0 Å². The first-order chi connectivity index (χ1) is 7.50. The van der Waals surface area contributed by atoms with Gasteiger partial charge in [0.2, 0.25) is 0 Å². The van der Waals surface area contributed by atoms with Crippen molar-refractivity contribution < 1.29 is 19.5 Å². The zero-order valence-electron chi connectivity index (χ0n) is 8.56. The summed E-state index contributed by atoms with van der Waals surface area (Å²) < 4.78 is 0. The van der Waals surface area contributed by atoms with Crippen molar-refractivity contribution in [2.75, 3.05) is 11.4 Å². The van der Waals surface area contributed by atoms with E-state index >= 15 is 0 Å². The summed E-state index contributed by atoms with van der Waals surface area (Å²) in [6.45, 7) is 1.32. The van der Waals surface area contributed by atoms with Gasteiger partial charge in [-0.25, -0.2) is 0 Å². The lowest BCUT2D eigenvalue weighted by molar-refractivity contribution is -0.136. The number of ketones is 1. The van der Waals surface area contributed by atoms with Gasteiger partial charge in [0.15, 0.2) is 0 Å². The molecule has 0 unspecified atom stereocenters. The summed E-state index contributed by atoms with van der Waals surface area (Å²) in [5, 5.41) is 8.65. The van der Waals surface area contributed by atoms with E-state index in [1.165, 1.54) is 0 Å². The smallest absolute Gasteiger partial charge is 0.323 e. The molecule has 0 aliphatic carbocycles. The number of aryl methyl sites for hydroxylation is 1. The highest BCUT2D eigenvalue weighted by Crippen LogP contribution is 2.29. The first-order valence-corrected chi connectivity index (χ1v) is 4.69. The molecule has 1 aliphatic heterocycles. The normalized spacial score (nSPS) is 14.2. The van der Waals surface area contributed by atoms with E-state index in [-0.39, 0.29) is 5.56 Å². The molecular formula is C11H9NO4. The number of anilines is 1. The predicted molar refractivity (Wildman–Crippen MR) is 55.5 cm³/mol. The number of hydrogen-bond donors (Lipinski definition) is 1. The first kappa shape index (κ1) is 10.4. The van der Waals surface area contributed by atoms with Crippen molar-refractivity contribution in [2.24, 2.45) is 0 Å². The standard InChI is InChI=1S/C11H9NO4/c1-6-2-3-8-7(4-6)10(15)11(16)12(8)5-9(13)14/h2-4H,5H2,1H3,(H,13,14). The minimum absolute atomic E-state index is 0.284. The van der Waals surface area contributed by atoms with Crippen LogP contribution in [0.15, 0.2) is 18.2 Å². The molecule has 0 atom stereocenters. The number of aliphatic carboxylic acids is 1. The van der Waals surface area contributed by atoms with Gasteiger partial charge in [-0.2, -0.15) is 0 Å². The Bertz CT molecular complexity index is 507. The number of carbonyl (C=O) groups excluding carboxylic acids is 2. The van der Waals surface area contributed by atoms with Crippen LogP contribution in [0.25, 0.3) is 0 Å². The van der Waals surface area contributed by atoms with Gasteiger partial charge in [0.05, 0.1) is 11.3 Å². The van der Waals surface area contributed by atoms with Gasteiger partial charge in [0, 0.05) is 0 Å². The largest absolute Gasteiger partial charge is 0.480 e. The maximum atomic E-state index is 11.6. The second kappa shape index (κ2) is 3.44. The molecule has 0 fully saturated rings. The van der Waals surface area contributed by atoms with E-state index in [2.05, 4.69) is 0 Å². The molecule has 0 saturated carbocycles. The minimum Gasteiger partial charge on any atom is -0.480 e. The molecule has 2 rings (SSSR count). The predicted octanol–water partition coefficient (Wildman–Crippen LogP) is 0.609. The summed E-state index contributed by atoms with van der Waals surface area (Å²) in [5.74, 6) is -2.56. The second-order valence-corrected chi connectivity index (χ2v) is 3.63. The van der Waals surface area contributed by atoms with Gasteiger partial charge >= 0.3 is 5.97 Å². The molecule has 1 aliphatic rings. The summed E-state index contributed by atoms with van der Waals surface area (Å²) in [5.41, 5.74) is 1.52. The van der Waals surface area contributed by atoms with E-state index in [9.17, 15) is 14.4 Å². The van der Waals surface area contributed by atoms with Gasteiger partial charge in [0.25, 0.3) is 11.7 Å². The highest BCUT2D eigenvalue weighted by atomic mass is 16.4. The average molecular weight is 219 g/mol. The summed E-state index contributed by atoms with van der Waals surface area (Å²) >= 11 is 0. The van der Waals surface area contributed by atoms with Crippen LogP contribution in [-0.2, 0) is 9.59 Å². The number of rotatable bonds is 2. The van der Waals surface area contributed by atoms with Crippen molar-refractivity contribution in [3.8, 4) is 0 Å². The quantitative estimate of drug-likeness (QED) is 0.739. The molecule has 1 aromatic carbocycles. The first-order valence-electron chi connectivity index (χ1n) is 4.69. The van der Waals surface area contributed by atoms with Gasteiger partial charge in [-0.1, -0.05) is 11.6 Å². The maximum Gasteiger partial charge on any atom is 0.323 e. The highest BCUT2D eigenvalue weighted by molar-refractivity contribution is 6.52. The number of nitrogens with zero attached hydrogens (tertiary/aromatic N) is 1. The summed E-state index contributed by atoms with van der Waals surface area (Å²) in [4.78, 5) is 34.6. The van der Waals surface area contributed by atoms with Gasteiger partial charge in [-0.3, -0.25) is 19.3 Å². The Balaban J connectivity index is 2.50. The summed E-state index contributed by atoms with van der Waals surface area (Å²) in [7, 11) is 0. The fourth-order valence-electron chi connectivity index (χ4n) is 1.71. The van der Waals surface area contributed by atoms with E-state index in [4.69, 9.17) is 5.11 Å². The van der Waals surface area contributed by atoms with Gasteiger partial charge in [-0.15, -0.1) is 0 Å². The third-order valence-corrected chi connectivity index (χ3v) is 2.42. The van der Waals surface area contributed by atoms with Crippen LogP contribution in [0.4, 0.5) is 5.69 Å². The molecule has 1 aromatic rings. The Hall–Kier alpha value is -2.17. The lowest BCUT2D eigenvalue weighted by Crippen LogP contribution is -2.34. The molecule has 5 heteroatoms. The average Bonchev–Trinajstić information content (AvgIpc) is 2.43. The number of carboxylic acids is 1. The van der Waals surface area contributed by atoms with E-state index in [1.54, 1.807) is 25.1 Å². The number of hydrogen-bond acceptors (Lipinski definition) is 3. The lowest BCUT2D eigenvalue weighted by Gasteiger charge is -2.13. The van der Waals surface area contributed by atoms with Gasteiger partial charge in [-0.05, 0) is 19.1 Å². The molecule has 0 aromatic heterocycles. The number of carboxylic acid groups (broad SMARTS) is 1. The van der Waals surface area contributed by atoms with Crippen LogP contribution in [0.1, 0.15) is 15.9 Å². The molecule has 0 radical (unpaired) electrons. The number of amides is 1. The zero-order valence-corrected chi connectivity index (χ0v) is 8.56. The molecule has 16 heavy (non-hydrogen) atoms. The summed E-state index contributed by atoms with van der Waals surface area (Å²) in [6, 6.07) is 4.92. The molecule has 82 valence electrons. The molecule has 1 N–H and O–H groups in total. The van der Waals surface area contributed by atoms with Crippen LogP contribution in [-0.4, -0.2) is 29.3 Å². The fraction of sp³-hybridized carbons (Fsp3) is 0.182. The van der Waals surface area contributed by atoms with Crippen LogP contribution in [0.3, 0.4) is 0 Å². The zero-order chi connectivity index (χ0) is 11.9. The third-order valence-electron chi connectivity index (χ3n) is 2.42. The van der Waals surface area contributed by atoms with Crippen LogP contribution in [0.5, 0.6) is 0 Å². The monoisotopic (exact) mass is 219 g/mol. The Kier molecular flexibility index (Phi) is 2.23. The van der Waals surface area contributed by atoms with E-state index in [0.717, 1.165) is 10.5 Å². The molecule has 1 amide bonds.